The first kappa shape index (κ1) is 19.7. The Morgan fingerprint density at radius 1 is 1.10 bits per heavy atom. The summed E-state index contributed by atoms with van der Waals surface area (Å²) in [4.78, 5) is 30.3. The fourth-order valence-corrected chi connectivity index (χ4v) is 4.30. The fraction of sp³-hybridized carbons (Fsp3) is 0.304. The maximum absolute atomic E-state index is 13.6. The summed E-state index contributed by atoms with van der Waals surface area (Å²) in [6.45, 7) is 3.17. The number of nitrogens with zero attached hydrogens (tertiary/aromatic N) is 2. The second-order valence-electron chi connectivity index (χ2n) is 7.60. The van der Waals surface area contributed by atoms with Crippen LogP contribution < -0.4 is 4.90 Å². The van der Waals surface area contributed by atoms with Crippen molar-refractivity contribution in [1.82, 2.24) is 4.90 Å². The molecular weight excluding hydrogens is 388 g/mol. The predicted octanol–water partition coefficient (Wildman–Crippen LogP) is 3.64. The third-order valence-corrected chi connectivity index (χ3v) is 5.86. The quantitative estimate of drug-likeness (QED) is 0.782. The summed E-state index contributed by atoms with van der Waals surface area (Å²) in [6.07, 6.45) is 1.79. The molecule has 2 heterocycles. The summed E-state index contributed by atoms with van der Waals surface area (Å²) in [7, 11) is 0. The highest BCUT2D eigenvalue weighted by Crippen LogP contribution is 2.38. The van der Waals surface area contributed by atoms with Gasteiger partial charge in [0.05, 0.1) is 11.3 Å². The molecule has 1 fully saturated rings. The van der Waals surface area contributed by atoms with Crippen LogP contribution in [-0.4, -0.2) is 41.5 Å². The van der Waals surface area contributed by atoms with Gasteiger partial charge in [-0.15, -0.1) is 0 Å². The lowest BCUT2D eigenvalue weighted by atomic mass is 9.97. The van der Waals surface area contributed by atoms with E-state index in [0.29, 0.717) is 40.6 Å². The van der Waals surface area contributed by atoms with Crippen LogP contribution in [0.25, 0.3) is 5.57 Å². The lowest BCUT2D eigenvalue weighted by Crippen LogP contribution is -2.40. The van der Waals surface area contributed by atoms with Crippen molar-refractivity contribution in [2.45, 2.75) is 19.8 Å². The molecule has 2 aliphatic rings. The van der Waals surface area contributed by atoms with Gasteiger partial charge in [-0.25, -0.2) is 4.90 Å². The van der Waals surface area contributed by atoms with Gasteiger partial charge in [-0.2, -0.15) is 0 Å². The van der Waals surface area contributed by atoms with E-state index >= 15 is 0 Å². The topological polar surface area (TPSA) is 60.9 Å². The molecule has 2 aromatic rings. The largest absolute Gasteiger partial charge is 0.396 e. The van der Waals surface area contributed by atoms with Crippen molar-refractivity contribution in [2.75, 3.05) is 24.6 Å². The molecule has 0 bridgehead atoms. The molecule has 5 nitrogen and oxygen atoms in total. The molecule has 1 saturated heterocycles. The number of likely N-dealkylation sites (tertiary alicyclic amines) is 1. The van der Waals surface area contributed by atoms with E-state index in [1.165, 1.54) is 4.90 Å². The third-order valence-electron chi connectivity index (χ3n) is 5.63. The Balaban J connectivity index is 1.83. The Morgan fingerprint density at radius 2 is 1.86 bits per heavy atom. The van der Waals surface area contributed by atoms with E-state index in [-0.39, 0.29) is 24.3 Å². The van der Waals surface area contributed by atoms with Crippen molar-refractivity contribution in [1.29, 1.82) is 0 Å². The fourth-order valence-electron chi connectivity index (χ4n) is 4.14. The molecule has 0 aromatic heterocycles. The monoisotopic (exact) mass is 410 g/mol. The molecule has 2 amide bonds. The van der Waals surface area contributed by atoms with Crippen LogP contribution in [0.4, 0.5) is 5.69 Å². The van der Waals surface area contributed by atoms with Crippen LogP contribution in [0.1, 0.15) is 24.0 Å². The molecule has 0 radical (unpaired) electrons. The Morgan fingerprint density at radius 3 is 2.59 bits per heavy atom. The zero-order valence-electron chi connectivity index (χ0n) is 16.3. The van der Waals surface area contributed by atoms with E-state index in [9.17, 15) is 14.7 Å². The molecule has 2 aliphatic heterocycles. The van der Waals surface area contributed by atoms with Gasteiger partial charge >= 0.3 is 0 Å². The molecular formula is C23H23ClN2O3. The SMILES string of the molecule is Cc1ccc(Cl)cc1N1C(=O)C(c2ccccc2)=C(N2CCCC(CO)C2)C1=O. The molecule has 0 aliphatic carbocycles. The van der Waals surface area contributed by atoms with Gasteiger partial charge in [0, 0.05) is 24.7 Å². The molecule has 1 unspecified atom stereocenters. The number of benzene rings is 2. The average Bonchev–Trinajstić information content (AvgIpc) is 3.00. The van der Waals surface area contributed by atoms with E-state index in [1.807, 2.05) is 42.2 Å². The highest BCUT2D eigenvalue weighted by molar-refractivity contribution is 6.45. The van der Waals surface area contributed by atoms with Crippen molar-refractivity contribution >= 4 is 34.7 Å². The molecule has 6 heteroatoms. The van der Waals surface area contributed by atoms with E-state index in [4.69, 9.17) is 11.6 Å². The van der Waals surface area contributed by atoms with E-state index < -0.39 is 0 Å². The van der Waals surface area contributed by atoms with Gasteiger partial charge in [-0.1, -0.05) is 48.0 Å². The predicted molar refractivity (Wildman–Crippen MR) is 113 cm³/mol. The molecule has 0 spiro atoms. The van der Waals surface area contributed by atoms with Gasteiger partial charge in [-0.3, -0.25) is 9.59 Å². The maximum atomic E-state index is 13.6. The van der Waals surface area contributed by atoms with Crippen molar-refractivity contribution in [2.24, 2.45) is 5.92 Å². The first-order valence-corrected chi connectivity index (χ1v) is 10.2. The van der Waals surface area contributed by atoms with Gasteiger partial charge in [0.2, 0.25) is 0 Å². The summed E-state index contributed by atoms with van der Waals surface area (Å²) >= 11 is 6.17. The van der Waals surface area contributed by atoms with Gasteiger partial charge in [0.25, 0.3) is 11.8 Å². The third kappa shape index (κ3) is 3.56. The first-order valence-electron chi connectivity index (χ1n) is 9.81. The Labute approximate surface area is 175 Å². The number of hydrogen-bond donors (Lipinski definition) is 1. The molecule has 1 N–H and O–H groups in total. The lowest BCUT2D eigenvalue weighted by molar-refractivity contribution is -0.120. The van der Waals surface area contributed by atoms with Crippen molar-refractivity contribution in [3.8, 4) is 0 Å². The lowest BCUT2D eigenvalue weighted by Gasteiger charge is -2.34. The Kier molecular flexibility index (Phi) is 5.43. The van der Waals surface area contributed by atoms with Crippen LogP contribution in [0.15, 0.2) is 54.2 Å². The summed E-state index contributed by atoms with van der Waals surface area (Å²) in [5.41, 5.74) is 2.85. The number of carbonyl (C=O) groups is 2. The maximum Gasteiger partial charge on any atom is 0.282 e. The summed E-state index contributed by atoms with van der Waals surface area (Å²) < 4.78 is 0. The average molecular weight is 411 g/mol. The van der Waals surface area contributed by atoms with Crippen molar-refractivity contribution < 1.29 is 14.7 Å². The van der Waals surface area contributed by atoms with Gasteiger partial charge in [0.15, 0.2) is 0 Å². The summed E-state index contributed by atoms with van der Waals surface area (Å²) in [5.74, 6) is -0.580. The summed E-state index contributed by atoms with van der Waals surface area (Å²) in [6, 6.07) is 14.5. The number of aliphatic hydroxyl groups is 1. The Hall–Kier alpha value is -2.63. The van der Waals surface area contributed by atoms with Crippen molar-refractivity contribution in [3.05, 3.63) is 70.4 Å². The zero-order chi connectivity index (χ0) is 20.5. The van der Waals surface area contributed by atoms with Crippen LogP contribution in [0.2, 0.25) is 5.02 Å². The minimum Gasteiger partial charge on any atom is -0.396 e. The highest BCUT2D eigenvalue weighted by Gasteiger charge is 2.43. The van der Waals surface area contributed by atoms with Gasteiger partial charge < -0.3 is 10.0 Å². The van der Waals surface area contributed by atoms with Gasteiger partial charge in [-0.05, 0) is 48.9 Å². The number of piperidine rings is 1. The van der Waals surface area contributed by atoms with Crippen LogP contribution in [0.5, 0.6) is 0 Å². The molecule has 1 atom stereocenters. The normalized spacial score (nSPS) is 20.0. The number of hydrogen-bond acceptors (Lipinski definition) is 4. The zero-order valence-corrected chi connectivity index (χ0v) is 17.0. The minimum atomic E-state index is -0.340. The number of aryl methyl sites for hydroxylation is 1. The second-order valence-corrected chi connectivity index (χ2v) is 8.04. The van der Waals surface area contributed by atoms with E-state index in [2.05, 4.69) is 0 Å². The number of rotatable bonds is 4. The molecule has 2 aromatic carbocycles. The van der Waals surface area contributed by atoms with Crippen LogP contribution in [0.3, 0.4) is 0 Å². The number of aliphatic hydroxyl groups excluding tert-OH is 1. The highest BCUT2D eigenvalue weighted by atomic mass is 35.5. The van der Waals surface area contributed by atoms with Crippen LogP contribution >= 0.6 is 11.6 Å². The number of imide groups is 1. The number of halogens is 1. The van der Waals surface area contributed by atoms with Crippen LogP contribution in [0, 0.1) is 12.8 Å². The van der Waals surface area contributed by atoms with E-state index in [0.717, 1.165) is 18.4 Å². The second kappa shape index (κ2) is 8.01. The first-order chi connectivity index (χ1) is 14.0. The van der Waals surface area contributed by atoms with E-state index in [1.54, 1.807) is 18.2 Å². The number of carbonyl (C=O) groups excluding carboxylic acids is 2. The molecule has 150 valence electrons. The van der Waals surface area contributed by atoms with Crippen molar-refractivity contribution in [3.63, 3.8) is 0 Å². The standard InChI is InChI=1S/C23H23ClN2O3/c1-15-9-10-18(24)12-19(15)26-22(28)20(17-7-3-2-4-8-17)21(23(26)29)25-11-5-6-16(13-25)14-27/h2-4,7-10,12,16,27H,5-6,11,13-14H2,1H3. The number of amides is 2. The number of anilines is 1. The van der Waals surface area contributed by atoms with Gasteiger partial charge in [0.1, 0.15) is 5.70 Å². The summed E-state index contributed by atoms with van der Waals surface area (Å²) in [5, 5.41) is 10.1. The molecule has 0 saturated carbocycles. The molecule has 4 rings (SSSR count). The smallest absolute Gasteiger partial charge is 0.282 e. The molecule has 29 heavy (non-hydrogen) atoms. The minimum absolute atomic E-state index is 0.0731. The van der Waals surface area contributed by atoms with Crippen LogP contribution in [-0.2, 0) is 9.59 Å². The Bertz CT molecular complexity index is 987.